The number of pyridine rings is 1. The molecule has 0 aliphatic heterocycles. The normalized spacial score (nSPS) is 10.5. The van der Waals surface area contributed by atoms with Gasteiger partial charge in [-0.15, -0.1) is 0 Å². The van der Waals surface area contributed by atoms with E-state index >= 15 is 0 Å². The highest BCUT2D eigenvalue weighted by Gasteiger charge is 2.01. The molecule has 0 aliphatic carbocycles. The molecule has 0 aliphatic rings. The maximum atomic E-state index is 13.3. The van der Waals surface area contributed by atoms with Crippen molar-refractivity contribution < 1.29 is 9.13 Å². The van der Waals surface area contributed by atoms with Crippen molar-refractivity contribution in [2.45, 2.75) is 13.2 Å². The molecule has 88 valence electrons. The minimum Gasteiger partial charge on any atom is -0.370 e. The number of benzene rings is 1. The Morgan fingerprint density at radius 1 is 1.18 bits per heavy atom. The number of ether oxygens (including phenoxy) is 1. The van der Waals surface area contributed by atoms with E-state index in [-0.39, 0.29) is 12.4 Å². The van der Waals surface area contributed by atoms with Gasteiger partial charge in [0.1, 0.15) is 5.82 Å². The summed E-state index contributed by atoms with van der Waals surface area (Å²) in [6, 6.07) is 9.96. The van der Waals surface area contributed by atoms with Gasteiger partial charge in [0.15, 0.2) is 0 Å². The molecule has 0 fully saturated rings. The van der Waals surface area contributed by atoms with Gasteiger partial charge < -0.3 is 4.74 Å². The lowest BCUT2D eigenvalue weighted by Gasteiger charge is -2.05. The first kappa shape index (κ1) is 12.0. The summed E-state index contributed by atoms with van der Waals surface area (Å²) in [5.41, 5.74) is 1.27. The Kier molecular flexibility index (Phi) is 4.07. The number of nitrogens with zero attached hydrogens (tertiary/aromatic N) is 1. The Hall–Kier alpha value is -1.45. The van der Waals surface area contributed by atoms with Crippen LogP contribution in [-0.2, 0) is 18.0 Å². The van der Waals surface area contributed by atoms with Crippen molar-refractivity contribution in [1.29, 1.82) is 0 Å². The molecule has 0 unspecified atom stereocenters. The van der Waals surface area contributed by atoms with Crippen molar-refractivity contribution in [3.8, 4) is 0 Å². The van der Waals surface area contributed by atoms with Crippen LogP contribution in [0.5, 0.6) is 0 Å². The zero-order valence-electron chi connectivity index (χ0n) is 9.07. The monoisotopic (exact) mass is 251 g/mol. The minimum atomic E-state index is -0.258. The molecule has 2 nitrogen and oxygen atoms in total. The predicted molar refractivity (Wildman–Crippen MR) is 64.1 cm³/mol. The molecule has 0 bridgehead atoms. The van der Waals surface area contributed by atoms with Gasteiger partial charge >= 0.3 is 0 Å². The quantitative estimate of drug-likeness (QED) is 0.829. The second-order valence-corrected chi connectivity index (χ2v) is 3.99. The van der Waals surface area contributed by atoms with Crippen molar-refractivity contribution >= 4 is 11.6 Å². The highest BCUT2D eigenvalue weighted by atomic mass is 35.5. The fourth-order valence-electron chi connectivity index (χ4n) is 1.41. The van der Waals surface area contributed by atoms with Crippen LogP contribution in [0.15, 0.2) is 42.6 Å². The fourth-order valence-corrected chi connectivity index (χ4v) is 1.59. The Morgan fingerprint density at radius 2 is 2.00 bits per heavy atom. The van der Waals surface area contributed by atoms with Crippen molar-refractivity contribution in [3.63, 3.8) is 0 Å². The van der Waals surface area contributed by atoms with Crippen molar-refractivity contribution in [3.05, 3.63) is 64.7 Å². The molecule has 0 atom stereocenters. The van der Waals surface area contributed by atoms with Gasteiger partial charge in [-0.1, -0.05) is 29.8 Å². The first-order valence-corrected chi connectivity index (χ1v) is 5.55. The highest BCUT2D eigenvalue weighted by Crippen LogP contribution is 2.11. The van der Waals surface area contributed by atoms with E-state index in [4.69, 9.17) is 16.3 Å². The fraction of sp³-hybridized carbons (Fsp3) is 0.154. The number of hydrogen-bond acceptors (Lipinski definition) is 2. The summed E-state index contributed by atoms with van der Waals surface area (Å²) in [7, 11) is 0. The van der Waals surface area contributed by atoms with Gasteiger partial charge in [0.2, 0.25) is 0 Å². The van der Waals surface area contributed by atoms with Crippen LogP contribution < -0.4 is 0 Å². The molecule has 1 aromatic heterocycles. The highest BCUT2D eigenvalue weighted by molar-refractivity contribution is 6.30. The second-order valence-electron chi connectivity index (χ2n) is 3.55. The number of rotatable bonds is 4. The first-order chi connectivity index (χ1) is 8.25. The molecule has 1 aromatic carbocycles. The van der Waals surface area contributed by atoms with E-state index in [1.165, 1.54) is 6.07 Å². The lowest BCUT2D eigenvalue weighted by atomic mass is 10.2. The average Bonchev–Trinajstić information content (AvgIpc) is 2.32. The molecular weight excluding hydrogens is 241 g/mol. The molecule has 2 rings (SSSR count). The molecule has 2 aromatic rings. The van der Waals surface area contributed by atoms with E-state index in [0.717, 1.165) is 5.69 Å². The Labute approximate surface area is 104 Å². The van der Waals surface area contributed by atoms with E-state index in [1.54, 1.807) is 36.5 Å². The largest absolute Gasteiger partial charge is 0.370 e. The van der Waals surface area contributed by atoms with Crippen LogP contribution in [0.1, 0.15) is 11.3 Å². The predicted octanol–water partition coefficient (Wildman–Crippen LogP) is 3.59. The van der Waals surface area contributed by atoms with Gasteiger partial charge in [0, 0.05) is 16.8 Å². The van der Waals surface area contributed by atoms with E-state index < -0.39 is 0 Å². The van der Waals surface area contributed by atoms with Crippen LogP contribution in [0, 0.1) is 5.82 Å². The smallest absolute Gasteiger partial charge is 0.128 e. The molecular formula is C13H11ClFNO. The molecule has 0 amide bonds. The van der Waals surface area contributed by atoms with E-state index in [1.807, 2.05) is 0 Å². The summed E-state index contributed by atoms with van der Waals surface area (Å²) in [5, 5.41) is 0.615. The molecule has 0 N–H and O–H groups in total. The molecule has 0 saturated carbocycles. The van der Waals surface area contributed by atoms with Gasteiger partial charge in [-0.3, -0.25) is 4.98 Å². The van der Waals surface area contributed by atoms with Gasteiger partial charge in [0.25, 0.3) is 0 Å². The number of halogens is 2. The SMILES string of the molecule is Fc1ccccc1COCc1cc(Cl)ccn1. The molecule has 0 saturated heterocycles. The maximum absolute atomic E-state index is 13.3. The lowest BCUT2D eigenvalue weighted by Crippen LogP contribution is -1.98. The lowest BCUT2D eigenvalue weighted by molar-refractivity contribution is 0.102. The van der Waals surface area contributed by atoms with Crippen LogP contribution in [0.2, 0.25) is 5.02 Å². The zero-order valence-corrected chi connectivity index (χ0v) is 9.82. The Bertz CT molecular complexity index is 504. The summed E-state index contributed by atoms with van der Waals surface area (Å²) in [6.45, 7) is 0.537. The van der Waals surface area contributed by atoms with Crippen LogP contribution in [0.3, 0.4) is 0 Å². The van der Waals surface area contributed by atoms with Crippen LogP contribution in [0.4, 0.5) is 4.39 Å². The molecule has 0 radical (unpaired) electrons. The molecule has 0 spiro atoms. The summed E-state index contributed by atoms with van der Waals surface area (Å²) >= 11 is 5.81. The Morgan fingerprint density at radius 3 is 2.76 bits per heavy atom. The van der Waals surface area contributed by atoms with Crippen molar-refractivity contribution in [1.82, 2.24) is 4.98 Å². The van der Waals surface area contributed by atoms with Gasteiger partial charge in [0.05, 0.1) is 18.9 Å². The van der Waals surface area contributed by atoms with Gasteiger partial charge in [-0.2, -0.15) is 0 Å². The molecule has 17 heavy (non-hydrogen) atoms. The number of hydrogen-bond donors (Lipinski definition) is 0. The van der Waals surface area contributed by atoms with Crippen LogP contribution in [-0.4, -0.2) is 4.98 Å². The van der Waals surface area contributed by atoms with E-state index in [2.05, 4.69) is 4.98 Å². The summed E-state index contributed by atoms with van der Waals surface area (Å²) in [4.78, 5) is 4.09. The van der Waals surface area contributed by atoms with Gasteiger partial charge in [-0.05, 0) is 18.2 Å². The van der Waals surface area contributed by atoms with Crippen LogP contribution in [0.25, 0.3) is 0 Å². The van der Waals surface area contributed by atoms with Crippen molar-refractivity contribution in [2.75, 3.05) is 0 Å². The molecule has 4 heteroatoms. The van der Waals surface area contributed by atoms with E-state index in [9.17, 15) is 4.39 Å². The zero-order chi connectivity index (χ0) is 12.1. The standard InChI is InChI=1S/C13H11ClFNO/c14-11-5-6-16-12(7-11)9-17-8-10-3-1-2-4-13(10)15/h1-7H,8-9H2. The average molecular weight is 252 g/mol. The Balaban J connectivity index is 1.90. The van der Waals surface area contributed by atoms with Gasteiger partial charge in [-0.25, -0.2) is 4.39 Å². The third-order valence-electron chi connectivity index (χ3n) is 2.24. The topological polar surface area (TPSA) is 22.1 Å². The first-order valence-electron chi connectivity index (χ1n) is 5.17. The van der Waals surface area contributed by atoms with Crippen LogP contribution >= 0.6 is 11.6 Å². The van der Waals surface area contributed by atoms with Crippen molar-refractivity contribution in [2.24, 2.45) is 0 Å². The second kappa shape index (κ2) is 5.75. The summed E-state index contributed by atoms with van der Waals surface area (Å²) in [5.74, 6) is -0.258. The minimum absolute atomic E-state index is 0.223. The molecule has 1 heterocycles. The van der Waals surface area contributed by atoms with E-state index in [0.29, 0.717) is 17.2 Å². The third-order valence-corrected chi connectivity index (χ3v) is 2.48. The number of aromatic nitrogens is 1. The third kappa shape index (κ3) is 3.51. The maximum Gasteiger partial charge on any atom is 0.128 e. The summed E-state index contributed by atoms with van der Waals surface area (Å²) < 4.78 is 18.6. The summed E-state index contributed by atoms with van der Waals surface area (Å²) in [6.07, 6.45) is 1.62.